The van der Waals surface area contributed by atoms with Gasteiger partial charge in [-0.05, 0) is 35.9 Å². The zero-order valence-corrected chi connectivity index (χ0v) is 15.5. The van der Waals surface area contributed by atoms with Gasteiger partial charge in [-0.3, -0.25) is 4.79 Å². The van der Waals surface area contributed by atoms with Gasteiger partial charge in [0, 0.05) is 31.4 Å². The van der Waals surface area contributed by atoms with E-state index in [1.165, 1.54) is 6.07 Å². The molecule has 2 aromatic rings. The molecule has 2 rings (SSSR count). The molecule has 0 heterocycles. The Bertz CT molecular complexity index is 721. The number of benzene rings is 2. The minimum absolute atomic E-state index is 0.0951. The van der Waals surface area contributed by atoms with E-state index in [4.69, 9.17) is 27.9 Å². The van der Waals surface area contributed by atoms with Gasteiger partial charge in [0.15, 0.2) is 6.61 Å². The van der Waals surface area contributed by atoms with E-state index in [9.17, 15) is 9.90 Å². The Labute approximate surface area is 157 Å². The zero-order chi connectivity index (χ0) is 18.4. The number of hydrogen-bond donors (Lipinski definition) is 2. The molecule has 0 fully saturated rings. The van der Waals surface area contributed by atoms with Crippen LogP contribution in [0.2, 0.25) is 10.0 Å². The summed E-state index contributed by atoms with van der Waals surface area (Å²) in [7, 11) is 3.89. The largest absolute Gasteiger partial charge is 0.482 e. The molecule has 0 bridgehead atoms. The van der Waals surface area contributed by atoms with Crippen molar-refractivity contribution in [3.8, 4) is 5.75 Å². The first-order chi connectivity index (χ1) is 11.9. The van der Waals surface area contributed by atoms with Gasteiger partial charge >= 0.3 is 0 Å². The molecular weight excluding hydrogens is 363 g/mol. The molecule has 5 nitrogen and oxygen atoms in total. The molecule has 0 aliphatic heterocycles. The number of anilines is 1. The monoisotopic (exact) mass is 382 g/mol. The van der Waals surface area contributed by atoms with E-state index in [0.717, 1.165) is 11.3 Å². The predicted octanol–water partition coefficient (Wildman–Crippen LogP) is 3.29. The quantitative estimate of drug-likeness (QED) is 0.771. The topological polar surface area (TPSA) is 61.8 Å². The first-order valence-corrected chi connectivity index (χ1v) is 8.42. The standard InChI is InChI=1S/C18H20Cl2N2O3/c1-22(2)14-6-3-12(4-7-14)16(23)10-21-18(24)11-25-17-8-5-13(19)9-15(17)20/h3-9,16,23H,10-11H2,1-2H3,(H,21,24). The lowest BCUT2D eigenvalue weighted by Crippen LogP contribution is -2.32. The Morgan fingerprint density at radius 1 is 1.20 bits per heavy atom. The molecule has 0 radical (unpaired) electrons. The van der Waals surface area contributed by atoms with Crippen LogP contribution in [0, 0.1) is 0 Å². The third kappa shape index (κ3) is 5.81. The van der Waals surface area contributed by atoms with Crippen LogP contribution in [0.15, 0.2) is 42.5 Å². The second-order valence-corrected chi connectivity index (χ2v) is 6.51. The molecule has 1 unspecified atom stereocenters. The van der Waals surface area contributed by atoms with Crippen molar-refractivity contribution >= 4 is 34.8 Å². The van der Waals surface area contributed by atoms with Crippen molar-refractivity contribution in [1.82, 2.24) is 5.32 Å². The first-order valence-electron chi connectivity index (χ1n) is 7.66. The average Bonchev–Trinajstić information content (AvgIpc) is 2.59. The Morgan fingerprint density at radius 3 is 2.48 bits per heavy atom. The highest BCUT2D eigenvalue weighted by Gasteiger charge is 2.11. The van der Waals surface area contributed by atoms with Gasteiger partial charge in [-0.2, -0.15) is 0 Å². The van der Waals surface area contributed by atoms with Gasteiger partial charge in [-0.25, -0.2) is 0 Å². The number of ether oxygens (including phenoxy) is 1. The number of hydrogen-bond acceptors (Lipinski definition) is 4. The highest BCUT2D eigenvalue weighted by molar-refractivity contribution is 6.35. The molecule has 0 aromatic heterocycles. The summed E-state index contributed by atoms with van der Waals surface area (Å²) >= 11 is 11.8. The molecule has 0 aliphatic rings. The summed E-state index contributed by atoms with van der Waals surface area (Å²) in [6.45, 7) is -0.106. The van der Waals surface area contributed by atoms with E-state index >= 15 is 0 Å². The van der Waals surface area contributed by atoms with Crippen molar-refractivity contribution in [2.75, 3.05) is 32.1 Å². The SMILES string of the molecule is CN(C)c1ccc(C(O)CNC(=O)COc2ccc(Cl)cc2Cl)cc1. The third-order valence-corrected chi connectivity index (χ3v) is 4.07. The van der Waals surface area contributed by atoms with Crippen LogP contribution in [0.4, 0.5) is 5.69 Å². The van der Waals surface area contributed by atoms with E-state index < -0.39 is 6.10 Å². The van der Waals surface area contributed by atoms with Crippen LogP contribution in [0.1, 0.15) is 11.7 Å². The molecular formula is C18H20Cl2N2O3. The maximum absolute atomic E-state index is 11.9. The van der Waals surface area contributed by atoms with Crippen LogP contribution in [0.5, 0.6) is 5.75 Å². The van der Waals surface area contributed by atoms with Crippen LogP contribution < -0.4 is 15.0 Å². The highest BCUT2D eigenvalue weighted by Crippen LogP contribution is 2.27. The molecule has 0 spiro atoms. The molecule has 0 saturated carbocycles. The van der Waals surface area contributed by atoms with Gasteiger partial charge in [-0.15, -0.1) is 0 Å². The lowest BCUT2D eigenvalue weighted by molar-refractivity contribution is -0.123. The second-order valence-electron chi connectivity index (χ2n) is 5.67. The number of aliphatic hydroxyl groups is 1. The molecule has 7 heteroatoms. The Morgan fingerprint density at radius 2 is 1.88 bits per heavy atom. The molecule has 134 valence electrons. The fourth-order valence-electron chi connectivity index (χ4n) is 2.11. The van der Waals surface area contributed by atoms with Crippen molar-refractivity contribution in [2.24, 2.45) is 0 Å². The molecule has 0 aliphatic carbocycles. The zero-order valence-electron chi connectivity index (χ0n) is 14.0. The molecule has 2 N–H and O–H groups in total. The number of rotatable bonds is 7. The summed E-state index contributed by atoms with van der Waals surface area (Å²) in [5, 5.41) is 13.6. The number of aliphatic hydroxyl groups excluding tert-OH is 1. The summed E-state index contributed by atoms with van der Waals surface area (Å²) in [5.41, 5.74) is 1.76. The van der Waals surface area contributed by atoms with Gasteiger partial charge in [0.2, 0.25) is 0 Å². The molecule has 1 atom stereocenters. The highest BCUT2D eigenvalue weighted by atomic mass is 35.5. The summed E-state index contributed by atoms with van der Waals surface area (Å²) in [4.78, 5) is 13.8. The average molecular weight is 383 g/mol. The van der Waals surface area contributed by atoms with Crippen molar-refractivity contribution in [2.45, 2.75) is 6.10 Å². The number of halogens is 2. The van der Waals surface area contributed by atoms with Gasteiger partial charge in [0.1, 0.15) is 5.75 Å². The van der Waals surface area contributed by atoms with Gasteiger partial charge < -0.3 is 20.1 Å². The van der Waals surface area contributed by atoms with Crippen LogP contribution in [0.3, 0.4) is 0 Å². The summed E-state index contributed by atoms with van der Waals surface area (Å²) in [5.74, 6) is 0.0241. The number of nitrogens with zero attached hydrogens (tertiary/aromatic N) is 1. The second kappa shape index (κ2) is 8.94. The number of carbonyl (C=O) groups is 1. The Kier molecular flexibility index (Phi) is 6.93. The van der Waals surface area contributed by atoms with E-state index in [1.807, 2.05) is 43.3 Å². The van der Waals surface area contributed by atoms with Crippen LogP contribution >= 0.6 is 23.2 Å². The van der Waals surface area contributed by atoms with Crippen LogP contribution in [-0.4, -0.2) is 38.3 Å². The predicted molar refractivity (Wildman–Crippen MR) is 101 cm³/mol. The summed E-state index contributed by atoms with van der Waals surface area (Å²) in [6, 6.07) is 12.2. The van der Waals surface area contributed by atoms with Crippen molar-refractivity contribution in [3.63, 3.8) is 0 Å². The van der Waals surface area contributed by atoms with E-state index in [0.29, 0.717) is 15.8 Å². The normalized spacial score (nSPS) is 11.7. The van der Waals surface area contributed by atoms with Crippen LogP contribution in [-0.2, 0) is 4.79 Å². The molecule has 2 aromatic carbocycles. The molecule has 25 heavy (non-hydrogen) atoms. The van der Waals surface area contributed by atoms with Crippen LogP contribution in [0.25, 0.3) is 0 Å². The number of carbonyl (C=O) groups excluding carboxylic acids is 1. The smallest absolute Gasteiger partial charge is 0.258 e. The van der Waals surface area contributed by atoms with E-state index in [2.05, 4.69) is 5.32 Å². The van der Waals surface area contributed by atoms with Crippen molar-refractivity contribution < 1.29 is 14.6 Å². The minimum Gasteiger partial charge on any atom is -0.482 e. The molecule has 1 amide bonds. The first kappa shape index (κ1) is 19.4. The van der Waals surface area contributed by atoms with Gasteiger partial charge in [0.25, 0.3) is 5.91 Å². The van der Waals surface area contributed by atoms with E-state index in [1.54, 1.807) is 12.1 Å². The lowest BCUT2D eigenvalue weighted by Gasteiger charge is -2.16. The maximum atomic E-state index is 11.9. The lowest BCUT2D eigenvalue weighted by atomic mass is 10.1. The Balaban J connectivity index is 1.80. The Hall–Kier alpha value is -1.95. The third-order valence-electron chi connectivity index (χ3n) is 3.54. The van der Waals surface area contributed by atoms with E-state index in [-0.39, 0.29) is 19.1 Å². The van der Waals surface area contributed by atoms with Gasteiger partial charge in [-0.1, -0.05) is 35.3 Å². The number of nitrogens with one attached hydrogen (secondary N) is 1. The summed E-state index contributed by atoms with van der Waals surface area (Å²) < 4.78 is 5.34. The maximum Gasteiger partial charge on any atom is 0.258 e. The minimum atomic E-state index is -0.792. The number of amides is 1. The fraction of sp³-hybridized carbons (Fsp3) is 0.278. The summed E-state index contributed by atoms with van der Waals surface area (Å²) in [6.07, 6.45) is -0.792. The van der Waals surface area contributed by atoms with Crippen molar-refractivity contribution in [3.05, 3.63) is 58.1 Å². The van der Waals surface area contributed by atoms with Crippen molar-refractivity contribution in [1.29, 1.82) is 0 Å². The van der Waals surface area contributed by atoms with Gasteiger partial charge in [0.05, 0.1) is 11.1 Å². The fourth-order valence-corrected chi connectivity index (χ4v) is 2.57. The molecule has 0 saturated heterocycles.